The lowest BCUT2D eigenvalue weighted by Crippen LogP contribution is -2.34. The molecule has 1 unspecified atom stereocenters. The van der Waals surface area contributed by atoms with Crippen LogP contribution in [0.2, 0.25) is 0 Å². The van der Waals surface area contributed by atoms with Crippen LogP contribution in [0.3, 0.4) is 0 Å². The second-order valence-electron chi connectivity index (χ2n) is 7.17. The van der Waals surface area contributed by atoms with Crippen LogP contribution in [0.1, 0.15) is 32.6 Å². The molecule has 1 aromatic carbocycles. The van der Waals surface area contributed by atoms with Gasteiger partial charge in [0, 0.05) is 13.1 Å². The van der Waals surface area contributed by atoms with Crippen molar-refractivity contribution in [3.05, 3.63) is 30.3 Å². The van der Waals surface area contributed by atoms with Crippen molar-refractivity contribution in [2.45, 2.75) is 43.6 Å². The average molecular weight is 475 g/mol. The number of sulfone groups is 1. The molecule has 0 bridgehead atoms. The summed E-state index contributed by atoms with van der Waals surface area (Å²) >= 11 is 0. The third-order valence-electron chi connectivity index (χ3n) is 4.43. The SMILES string of the molecule is CCCCCC(CS(=O)(=O)c1ccccc1)OC(=O)NCCOCCOCCOCCN. The zero-order valence-corrected chi connectivity index (χ0v) is 19.8. The maximum absolute atomic E-state index is 12.7. The Bertz CT molecular complexity index is 701. The van der Waals surface area contributed by atoms with Crippen LogP contribution in [0.15, 0.2) is 35.2 Å². The number of unbranched alkanes of at least 4 members (excludes halogenated alkanes) is 2. The molecule has 1 rings (SSSR count). The van der Waals surface area contributed by atoms with E-state index >= 15 is 0 Å². The minimum Gasteiger partial charge on any atom is -0.445 e. The van der Waals surface area contributed by atoms with E-state index in [-0.39, 0.29) is 17.2 Å². The number of alkyl carbamates (subject to hydrolysis) is 1. The first-order valence-corrected chi connectivity index (χ1v) is 12.8. The first kappa shape index (κ1) is 28.3. The molecule has 32 heavy (non-hydrogen) atoms. The van der Waals surface area contributed by atoms with Crippen molar-refractivity contribution in [1.82, 2.24) is 5.32 Å². The number of carbonyl (C=O) groups is 1. The lowest BCUT2D eigenvalue weighted by atomic mass is 10.1. The lowest BCUT2D eigenvalue weighted by Gasteiger charge is -2.18. The molecule has 0 aliphatic rings. The molecule has 0 saturated carbocycles. The molecule has 0 aromatic heterocycles. The van der Waals surface area contributed by atoms with E-state index in [0.717, 1.165) is 19.3 Å². The summed E-state index contributed by atoms with van der Waals surface area (Å²) in [5.41, 5.74) is 5.31. The summed E-state index contributed by atoms with van der Waals surface area (Å²) < 4.78 is 46.6. The van der Waals surface area contributed by atoms with Crippen molar-refractivity contribution in [2.75, 3.05) is 58.5 Å². The van der Waals surface area contributed by atoms with E-state index in [9.17, 15) is 13.2 Å². The van der Waals surface area contributed by atoms with Gasteiger partial charge in [0.05, 0.1) is 50.3 Å². The number of benzene rings is 1. The Hall–Kier alpha value is -1.72. The maximum atomic E-state index is 12.7. The van der Waals surface area contributed by atoms with Crippen molar-refractivity contribution in [3.8, 4) is 0 Å². The summed E-state index contributed by atoms with van der Waals surface area (Å²) in [4.78, 5) is 12.4. The summed E-state index contributed by atoms with van der Waals surface area (Å²) in [5, 5.41) is 2.60. The van der Waals surface area contributed by atoms with Gasteiger partial charge in [0.1, 0.15) is 6.10 Å². The van der Waals surface area contributed by atoms with Crippen LogP contribution in [-0.2, 0) is 28.8 Å². The van der Waals surface area contributed by atoms with Crippen LogP contribution >= 0.6 is 0 Å². The van der Waals surface area contributed by atoms with Gasteiger partial charge in [-0.05, 0) is 25.0 Å². The van der Waals surface area contributed by atoms with Crippen molar-refractivity contribution < 1.29 is 32.2 Å². The first-order chi connectivity index (χ1) is 15.5. The molecule has 3 N–H and O–H groups in total. The topological polar surface area (TPSA) is 126 Å². The van der Waals surface area contributed by atoms with Gasteiger partial charge in [0.2, 0.25) is 0 Å². The minimum absolute atomic E-state index is 0.228. The molecule has 0 saturated heterocycles. The molecule has 1 amide bonds. The number of nitrogens with two attached hydrogens (primary N) is 1. The number of ether oxygens (including phenoxy) is 4. The van der Waals surface area contributed by atoms with Gasteiger partial charge in [-0.15, -0.1) is 0 Å². The highest BCUT2D eigenvalue weighted by Gasteiger charge is 2.24. The number of nitrogens with one attached hydrogen (secondary N) is 1. The predicted octanol–water partition coefficient (Wildman–Crippen LogP) is 2.14. The van der Waals surface area contributed by atoms with Gasteiger partial charge in [-0.3, -0.25) is 0 Å². The van der Waals surface area contributed by atoms with Crippen LogP contribution in [0.25, 0.3) is 0 Å². The van der Waals surface area contributed by atoms with E-state index in [4.69, 9.17) is 24.7 Å². The monoisotopic (exact) mass is 474 g/mol. The quantitative estimate of drug-likeness (QED) is 0.292. The number of hydrogen-bond acceptors (Lipinski definition) is 8. The van der Waals surface area contributed by atoms with Crippen molar-refractivity contribution >= 4 is 15.9 Å². The van der Waals surface area contributed by atoms with E-state index in [1.807, 2.05) is 0 Å². The molecule has 1 atom stereocenters. The Morgan fingerprint density at radius 3 is 2.22 bits per heavy atom. The van der Waals surface area contributed by atoms with Crippen LogP contribution in [0.4, 0.5) is 4.79 Å². The number of carbonyl (C=O) groups excluding carboxylic acids is 1. The van der Waals surface area contributed by atoms with Crippen molar-refractivity contribution in [1.29, 1.82) is 0 Å². The Morgan fingerprint density at radius 1 is 0.969 bits per heavy atom. The lowest BCUT2D eigenvalue weighted by molar-refractivity contribution is 0.0162. The summed E-state index contributed by atoms with van der Waals surface area (Å²) in [6.45, 7) is 5.39. The van der Waals surface area contributed by atoms with Gasteiger partial charge in [-0.1, -0.05) is 38.0 Å². The van der Waals surface area contributed by atoms with E-state index in [2.05, 4.69) is 12.2 Å². The number of rotatable bonds is 19. The Morgan fingerprint density at radius 2 is 1.59 bits per heavy atom. The van der Waals surface area contributed by atoms with Crippen LogP contribution in [0.5, 0.6) is 0 Å². The molecule has 0 heterocycles. The third kappa shape index (κ3) is 13.6. The smallest absolute Gasteiger partial charge is 0.407 e. The Kier molecular flexibility index (Phi) is 15.7. The maximum Gasteiger partial charge on any atom is 0.407 e. The molecule has 1 aromatic rings. The van der Waals surface area contributed by atoms with Gasteiger partial charge >= 0.3 is 6.09 Å². The predicted molar refractivity (Wildman–Crippen MR) is 122 cm³/mol. The van der Waals surface area contributed by atoms with E-state index in [1.165, 1.54) is 0 Å². The number of amides is 1. The van der Waals surface area contributed by atoms with Crippen LogP contribution in [0, 0.1) is 0 Å². The van der Waals surface area contributed by atoms with E-state index < -0.39 is 22.0 Å². The van der Waals surface area contributed by atoms with Gasteiger partial charge in [0.25, 0.3) is 0 Å². The zero-order valence-electron chi connectivity index (χ0n) is 19.0. The van der Waals surface area contributed by atoms with Gasteiger partial charge < -0.3 is 30.0 Å². The van der Waals surface area contributed by atoms with E-state index in [1.54, 1.807) is 30.3 Å². The zero-order chi connectivity index (χ0) is 23.5. The molecular formula is C22H38N2O7S. The molecule has 0 radical (unpaired) electrons. The molecule has 9 nitrogen and oxygen atoms in total. The molecule has 0 spiro atoms. The summed E-state index contributed by atoms with van der Waals surface area (Å²) in [5.74, 6) is -0.239. The van der Waals surface area contributed by atoms with Gasteiger partial charge in [-0.2, -0.15) is 0 Å². The highest BCUT2D eigenvalue weighted by molar-refractivity contribution is 7.91. The van der Waals surface area contributed by atoms with E-state index in [0.29, 0.717) is 52.6 Å². The highest BCUT2D eigenvalue weighted by atomic mass is 32.2. The van der Waals surface area contributed by atoms with Crippen molar-refractivity contribution in [3.63, 3.8) is 0 Å². The fourth-order valence-electron chi connectivity index (χ4n) is 2.81. The molecule has 184 valence electrons. The normalized spacial score (nSPS) is 12.4. The minimum atomic E-state index is -3.55. The molecular weight excluding hydrogens is 436 g/mol. The summed E-state index contributed by atoms with van der Waals surface area (Å²) in [6, 6.07) is 8.20. The molecule has 0 aliphatic carbocycles. The summed E-state index contributed by atoms with van der Waals surface area (Å²) in [6.07, 6.45) is 1.87. The second kappa shape index (κ2) is 17.8. The second-order valence-corrected chi connectivity index (χ2v) is 9.20. The van der Waals surface area contributed by atoms with Gasteiger partial charge in [0.15, 0.2) is 9.84 Å². The third-order valence-corrected chi connectivity index (χ3v) is 6.23. The fourth-order valence-corrected chi connectivity index (χ4v) is 4.30. The van der Waals surface area contributed by atoms with Crippen molar-refractivity contribution in [2.24, 2.45) is 5.73 Å². The largest absolute Gasteiger partial charge is 0.445 e. The summed E-state index contributed by atoms with van der Waals surface area (Å²) in [7, 11) is -3.55. The standard InChI is InChI=1S/C22H38N2O7S/c1-2-3-5-8-20(19-32(26,27)21-9-6-4-7-10-21)31-22(25)24-12-14-29-16-18-30-17-15-28-13-11-23/h4,6-7,9-10,20H,2-3,5,8,11-19,23H2,1H3,(H,24,25). The Balaban J connectivity index is 2.30. The fraction of sp³-hybridized carbons (Fsp3) is 0.682. The number of hydrogen-bond donors (Lipinski definition) is 2. The van der Waals surface area contributed by atoms with Gasteiger partial charge in [-0.25, -0.2) is 13.2 Å². The Labute approximate surface area is 191 Å². The first-order valence-electron chi connectivity index (χ1n) is 11.1. The van der Waals surface area contributed by atoms with Crippen LogP contribution in [-0.4, -0.2) is 79.1 Å². The highest BCUT2D eigenvalue weighted by Crippen LogP contribution is 2.16. The molecule has 10 heteroatoms. The molecule has 0 fully saturated rings. The average Bonchev–Trinajstić information content (AvgIpc) is 2.78. The van der Waals surface area contributed by atoms with Crippen LogP contribution < -0.4 is 11.1 Å². The molecule has 0 aliphatic heterocycles.